The Balaban J connectivity index is 0.000000612. The van der Waals surface area contributed by atoms with Crippen LogP contribution in [-0.4, -0.2) is 28.7 Å². The average molecular weight is 313 g/mol. The lowest BCUT2D eigenvalue weighted by molar-refractivity contribution is -0.122. The van der Waals surface area contributed by atoms with E-state index in [1.54, 1.807) is 37.3 Å². The predicted octanol–water partition coefficient (Wildman–Crippen LogP) is 3.13. The number of carboxylic acid groups (broad SMARTS) is 1. The summed E-state index contributed by atoms with van der Waals surface area (Å²) >= 11 is 7.62. The summed E-state index contributed by atoms with van der Waals surface area (Å²) in [4.78, 5) is 16.9. The molecule has 0 unspecified atom stereocenters. The molecule has 0 spiro atoms. The van der Waals surface area contributed by atoms with E-state index in [1.165, 1.54) is 0 Å². The number of methoxy groups -OCH3 is 1. The van der Waals surface area contributed by atoms with E-state index in [4.69, 9.17) is 26.2 Å². The minimum absolute atomic E-state index is 0.250. The highest BCUT2D eigenvalue weighted by Gasteiger charge is 2.09. The summed E-state index contributed by atoms with van der Waals surface area (Å²) in [5.41, 5.74) is 0.829. The molecule has 0 atom stereocenters. The van der Waals surface area contributed by atoms with Gasteiger partial charge in [-0.3, -0.25) is 9.78 Å². The molecule has 2 heterocycles. The van der Waals surface area contributed by atoms with Crippen molar-refractivity contribution in [2.24, 2.45) is 0 Å². The number of pyridine rings is 2. The Hall–Kier alpha value is -1.79. The van der Waals surface area contributed by atoms with E-state index in [-0.39, 0.29) is 6.47 Å². The molecule has 0 aliphatic heterocycles. The summed E-state index contributed by atoms with van der Waals surface area (Å²) < 4.78 is 5.24. The minimum Gasteiger partial charge on any atom is -0.493 e. The molecule has 0 amide bonds. The number of thioether (sulfide) groups is 1. The third-order valence-corrected chi connectivity index (χ3v) is 3.38. The number of hydrogen-bond acceptors (Lipinski definition) is 5. The second-order valence-corrected chi connectivity index (χ2v) is 4.74. The summed E-state index contributed by atoms with van der Waals surface area (Å²) in [6, 6.07) is 7.53. The summed E-state index contributed by atoms with van der Waals surface area (Å²) in [6.07, 6.45) is 3.45. The van der Waals surface area contributed by atoms with Crippen LogP contribution < -0.4 is 4.74 Å². The molecule has 0 aliphatic carbocycles. The molecule has 0 saturated heterocycles. The normalized spacial score (nSPS) is 9.30. The number of hydrogen-bond donors (Lipinski definition) is 1. The third-order valence-electron chi connectivity index (χ3n) is 2.13. The lowest BCUT2D eigenvalue weighted by atomic mass is 10.3. The van der Waals surface area contributed by atoms with Crippen LogP contribution in [0.5, 0.6) is 5.75 Å². The first-order valence-electron chi connectivity index (χ1n) is 5.52. The molecule has 20 heavy (non-hydrogen) atoms. The maximum Gasteiger partial charge on any atom is 0.290 e. The van der Waals surface area contributed by atoms with Crippen molar-refractivity contribution in [3.8, 4) is 5.75 Å². The highest BCUT2D eigenvalue weighted by Crippen LogP contribution is 2.30. The van der Waals surface area contributed by atoms with Crippen LogP contribution in [0.3, 0.4) is 0 Å². The number of ether oxygens (including phenoxy) is 1. The third kappa shape index (κ3) is 5.07. The van der Waals surface area contributed by atoms with Crippen molar-refractivity contribution in [3.63, 3.8) is 0 Å². The van der Waals surface area contributed by atoms with Crippen LogP contribution in [0, 0.1) is 0 Å². The number of nitrogens with zero attached hydrogens (tertiary/aromatic N) is 2. The van der Waals surface area contributed by atoms with Crippen molar-refractivity contribution >= 4 is 29.8 Å². The Bertz CT molecular complexity index is 540. The molecule has 7 heteroatoms. The summed E-state index contributed by atoms with van der Waals surface area (Å²) in [5, 5.41) is 8.43. The Morgan fingerprint density at radius 3 is 2.70 bits per heavy atom. The van der Waals surface area contributed by atoms with Crippen molar-refractivity contribution in [2.75, 3.05) is 7.11 Å². The molecular formula is C13H13ClN2O3S. The summed E-state index contributed by atoms with van der Waals surface area (Å²) in [5.74, 6) is 1.32. The van der Waals surface area contributed by atoms with E-state index in [9.17, 15) is 0 Å². The van der Waals surface area contributed by atoms with Crippen LogP contribution in [0.1, 0.15) is 5.69 Å². The van der Waals surface area contributed by atoms with Gasteiger partial charge < -0.3 is 9.84 Å². The van der Waals surface area contributed by atoms with Gasteiger partial charge in [0.2, 0.25) is 0 Å². The van der Waals surface area contributed by atoms with E-state index in [1.807, 2.05) is 18.2 Å². The SMILES string of the molecule is COc1c(Cl)ccnc1CSc1ccccn1.O=CO. The smallest absolute Gasteiger partial charge is 0.290 e. The standard InChI is InChI=1S/C12H11ClN2OS.CH2O2/c1-16-12-9(13)5-7-14-10(12)8-17-11-4-2-3-6-15-11;2-1-3/h2-7H,8H2,1H3;1H,(H,2,3). The van der Waals surface area contributed by atoms with Crippen LogP contribution in [0.25, 0.3) is 0 Å². The second-order valence-electron chi connectivity index (χ2n) is 3.33. The van der Waals surface area contributed by atoms with E-state index in [0.717, 1.165) is 10.7 Å². The fourth-order valence-corrected chi connectivity index (χ4v) is 2.40. The first-order chi connectivity index (χ1) is 9.72. The van der Waals surface area contributed by atoms with Gasteiger partial charge in [-0.2, -0.15) is 0 Å². The average Bonchev–Trinajstić information content (AvgIpc) is 2.47. The second kappa shape index (κ2) is 9.17. The Morgan fingerprint density at radius 1 is 1.35 bits per heavy atom. The van der Waals surface area contributed by atoms with Crippen molar-refractivity contribution in [1.29, 1.82) is 0 Å². The van der Waals surface area contributed by atoms with Gasteiger partial charge in [0, 0.05) is 18.1 Å². The lowest BCUT2D eigenvalue weighted by Gasteiger charge is -2.08. The molecule has 2 aromatic heterocycles. The fourth-order valence-electron chi connectivity index (χ4n) is 1.36. The minimum atomic E-state index is -0.250. The summed E-state index contributed by atoms with van der Waals surface area (Å²) in [6.45, 7) is -0.250. The number of aromatic nitrogens is 2. The first-order valence-corrected chi connectivity index (χ1v) is 6.88. The molecule has 0 aromatic carbocycles. The molecule has 0 bridgehead atoms. The Morgan fingerprint density at radius 2 is 2.10 bits per heavy atom. The number of halogens is 1. The molecule has 2 rings (SSSR count). The fraction of sp³-hybridized carbons (Fsp3) is 0.154. The van der Waals surface area contributed by atoms with Gasteiger partial charge in [0.05, 0.1) is 22.9 Å². The van der Waals surface area contributed by atoms with Gasteiger partial charge in [-0.15, -0.1) is 0 Å². The first kappa shape index (κ1) is 16.3. The van der Waals surface area contributed by atoms with Crippen LogP contribution in [-0.2, 0) is 10.5 Å². The maximum absolute atomic E-state index is 8.36. The van der Waals surface area contributed by atoms with Crippen molar-refractivity contribution in [3.05, 3.63) is 47.4 Å². The zero-order valence-electron chi connectivity index (χ0n) is 10.7. The highest BCUT2D eigenvalue weighted by atomic mass is 35.5. The Kier molecular flexibility index (Phi) is 7.46. The lowest BCUT2D eigenvalue weighted by Crippen LogP contribution is -1.94. The number of carbonyl (C=O) groups is 1. The van der Waals surface area contributed by atoms with Crippen molar-refractivity contribution in [1.82, 2.24) is 9.97 Å². The summed E-state index contributed by atoms with van der Waals surface area (Å²) in [7, 11) is 1.60. The van der Waals surface area contributed by atoms with Crippen LogP contribution in [0.2, 0.25) is 5.02 Å². The van der Waals surface area contributed by atoms with Crippen molar-refractivity contribution in [2.45, 2.75) is 10.8 Å². The van der Waals surface area contributed by atoms with Gasteiger partial charge in [-0.1, -0.05) is 29.4 Å². The van der Waals surface area contributed by atoms with Gasteiger partial charge in [-0.05, 0) is 18.2 Å². The van der Waals surface area contributed by atoms with E-state index in [2.05, 4.69) is 9.97 Å². The maximum atomic E-state index is 8.36. The zero-order chi connectivity index (χ0) is 14.8. The highest BCUT2D eigenvalue weighted by molar-refractivity contribution is 7.98. The van der Waals surface area contributed by atoms with E-state index in [0.29, 0.717) is 16.5 Å². The molecule has 5 nitrogen and oxygen atoms in total. The van der Waals surface area contributed by atoms with Gasteiger partial charge in [0.15, 0.2) is 5.75 Å². The molecule has 106 valence electrons. The monoisotopic (exact) mass is 312 g/mol. The molecule has 0 aliphatic rings. The largest absolute Gasteiger partial charge is 0.493 e. The molecule has 1 N–H and O–H groups in total. The van der Waals surface area contributed by atoms with Gasteiger partial charge in [0.25, 0.3) is 6.47 Å². The molecular weight excluding hydrogens is 300 g/mol. The van der Waals surface area contributed by atoms with Gasteiger partial charge in [-0.25, -0.2) is 4.98 Å². The van der Waals surface area contributed by atoms with E-state index < -0.39 is 0 Å². The van der Waals surface area contributed by atoms with E-state index >= 15 is 0 Å². The van der Waals surface area contributed by atoms with Crippen molar-refractivity contribution < 1.29 is 14.6 Å². The van der Waals surface area contributed by atoms with Gasteiger partial charge >= 0.3 is 0 Å². The topological polar surface area (TPSA) is 72.3 Å². The molecule has 0 saturated carbocycles. The molecule has 2 aromatic rings. The van der Waals surface area contributed by atoms with Crippen LogP contribution in [0.4, 0.5) is 0 Å². The zero-order valence-corrected chi connectivity index (χ0v) is 12.3. The molecule has 0 fully saturated rings. The predicted molar refractivity (Wildman–Crippen MR) is 78.3 cm³/mol. The Labute approximate surface area is 126 Å². The van der Waals surface area contributed by atoms with Crippen LogP contribution in [0.15, 0.2) is 41.7 Å². The molecule has 0 radical (unpaired) electrons. The van der Waals surface area contributed by atoms with Crippen LogP contribution >= 0.6 is 23.4 Å². The quantitative estimate of drug-likeness (QED) is 0.690. The number of rotatable bonds is 4. The van der Waals surface area contributed by atoms with Gasteiger partial charge in [0.1, 0.15) is 0 Å².